The summed E-state index contributed by atoms with van der Waals surface area (Å²) in [5, 5.41) is 26.5. The zero-order chi connectivity index (χ0) is 25.9. The molecule has 37 heavy (non-hydrogen) atoms. The lowest BCUT2D eigenvalue weighted by molar-refractivity contribution is -0.133. The molecule has 10 nitrogen and oxygen atoms in total. The van der Waals surface area contributed by atoms with Crippen LogP contribution in [0.4, 0.5) is 11.4 Å². The van der Waals surface area contributed by atoms with E-state index in [0.717, 1.165) is 11.3 Å². The quantitative estimate of drug-likeness (QED) is 0.156. The van der Waals surface area contributed by atoms with Gasteiger partial charge < -0.3 is 21.1 Å². The summed E-state index contributed by atoms with van der Waals surface area (Å²) in [6.07, 6.45) is 2.08. The van der Waals surface area contributed by atoms with Gasteiger partial charge in [-0.3, -0.25) is 24.6 Å². The monoisotopic (exact) mass is 503 g/mol. The van der Waals surface area contributed by atoms with Crippen molar-refractivity contribution >= 4 is 29.1 Å². The van der Waals surface area contributed by atoms with Crippen molar-refractivity contribution in [1.82, 2.24) is 15.8 Å². The fourth-order valence-corrected chi connectivity index (χ4v) is 3.04. The fraction of sp³-hybridized carbons (Fsp3) is 0.185. The highest BCUT2D eigenvalue weighted by Gasteiger charge is 2.25. The van der Waals surface area contributed by atoms with E-state index < -0.39 is 24.0 Å². The molecule has 3 aromatic rings. The third kappa shape index (κ3) is 8.78. The molecule has 0 fully saturated rings. The molecule has 0 saturated heterocycles. The molecule has 3 rings (SSSR count). The minimum Gasteiger partial charge on any atom is -0.391 e. The Balaban J connectivity index is 0.00000481. The van der Waals surface area contributed by atoms with E-state index in [1.807, 2.05) is 0 Å². The summed E-state index contributed by atoms with van der Waals surface area (Å²) >= 11 is 0. The highest BCUT2D eigenvalue weighted by molar-refractivity contribution is 5.97. The predicted molar refractivity (Wildman–Crippen MR) is 140 cm³/mol. The summed E-state index contributed by atoms with van der Waals surface area (Å²) in [5.41, 5.74) is 4.51. The second-order valence-electron chi connectivity index (χ2n) is 7.71. The molecule has 1 aromatic heterocycles. The number of anilines is 2. The molecule has 2 aromatic carbocycles. The van der Waals surface area contributed by atoms with Gasteiger partial charge in [0, 0.05) is 40.5 Å². The number of hydroxylamine groups is 1. The summed E-state index contributed by atoms with van der Waals surface area (Å²) in [5.74, 6) is 4.31. The van der Waals surface area contributed by atoms with Crippen LogP contribution in [0.2, 0.25) is 0 Å². The number of aromatic nitrogens is 1. The molecule has 0 aliphatic heterocycles. The number of amides is 3. The number of benzene rings is 2. The molecule has 0 spiro atoms. The molecule has 0 unspecified atom stereocenters. The lowest BCUT2D eigenvalue weighted by Crippen LogP contribution is -2.51. The highest BCUT2D eigenvalue weighted by Crippen LogP contribution is 2.10. The molecule has 6 N–H and O–H groups in total. The van der Waals surface area contributed by atoms with Gasteiger partial charge in [0.2, 0.25) is 5.91 Å². The van der Waals surface area contributed by atoms with Crippen LogP contribution >= 0.6 is 0 Å². The molecule has 10 heteroatoms. The van der Waals surface area contributed by atoms with Crippen molar-refractivity contribution in [2.75, 3.05) is 17.2 Å². The number of carbonyl (C=O) groups excluding carboxylic acids is 3. The van der Waals surface area contributed by atoms with Gasteiger partial charge in [0.15, 0.2) is 0 Å². The lowest BCUT2D eigenvalue weighted by atomic mass is 10.1. The molecule has 0 aliphatic rings. The number of aliphatic hydroxyl groups excluding tert-OH is 1. The van der Waals surface area contributed by atoms with E-state index in [1.54, 1.807) is 60.9 Å². The second-order valence-corrected chi connectivity index (χ2v) is 7.71. The number of rotatable bonds is 8. The van der Waals surface area contributed by atoms with Crippen molar-refractivity contribution in [2.45, 2.75) is 26.5 Å². The molecule has 0 bridgehead atoms. The first kappa shape index (κ1) is 28.5. The Labute approximate surface area is 215 Å². The van der Waals surface area contributed by atoms with Crippen molar-refractivity contribution in [1.29, 1.82) is 0 Å². The average molecular weight is 504 g/mol. The van der Waals surface area contributed by atoms with Gasteiger partial charge >= 0.3 is 0 Å². The summed E-state index contributed by atoms with van der Waals surface area (Å²) < 4.78 is 0. The van der Waals surface area contributed by atoms with Gasteiger partial charge in [-0.15, -0.1) is 0 Å². The third-order valence-corrected chi connectivity index (χ3v) is 4.96. The van der Waals surface area contributed by atoms with Crippen LogP contribution in [0.15, 0.2) is 73.1 Å². The zero-order valence-electron chi connectivity index (χ0n) is 19.4. The average Bonchev–Trinajstić information content (AvgIpc) is 2.90. The van der Waals surface area contributed by atoms with Crippen molar-refractivity contribution < 1.29 is 24.7 Å². The van der Waals surface area contributed by atoms with Gasteiger partial charge in [0.25, 0.3) is 11.8 Å². The van der Waals surface area contributed by atoms with Gasteiger partial charge in [-0.2, -0.15) is 0 Å². The van der Waals surface area contributed by atoms with E-state index in [1.165, 1.54) is 24.5 Å². The smallest absolute Gasteiger partial charge is 0.268 e. The molecular formula is C27H29N5O5. The highest BCUT2D eigenvalue weighted by atomic mass is 16.5. The van der Waals surface area contributed by atoms with E-state index in [9.17, 15) is 19.5 Å². The van der Waals surface area contributed by atoms with E-state index in [4.69, 9.17) is 5.21 Å². The van der Waals surface area contributed by atoms with Crippen LogP contribution in [0.25, 0.3) is 0 Å². The summed E-state index contributed by atoms with van der Waals surface area (Å²) in [6.45, 7) is 1.44. The maximum absolute atomic E-state index is 12.3. The zero-order valence-corrected chi connectivity index (χ0v) is 19.4. The Morgan fingerprint density at radius 3 is 2.00 bits per heavy atom. The van der Waals surface area contributed by atoms with Crippen LogP contribution in [0.1, 0.15) is 35.8 Å². The van der Waals surface area contributed by atoms with Crippen molar-refractivity contribution in [3.63, 3.8) is 0 Å². The summed E-state index contributed by atoms with van der Waals surface area (Å²) in [4.78, 5) is 39.9. The van der Waals surface area contributed by atoms with E-state index in [2.05, 4.69) is 32.8 Å². The molecule has 0 aliphatic carbocycles. The first-order valence-electron chi connectivity index (χ1n) is 10.9. The summed E-state index contributed by atoms with van der Waals surface area (Å²) in [6, 6.07) is 15.7. The van der Waals surface area contributed by atoms with Crippen molar-refractivity contribution in [3.05, 3.63) is 89.7 Å². The minimum atomic E-state index is -1.30. The van der Waals surface area contributed by atoms with Crippen LogP contribution in [-0.2, 0) is 9.59 Å². The molecular weight excluding hydrogens is 474 g/mol. The fourth-order valence-electron chi connectivity index (χ4n) is 3.04. The van der Waals surface area contributed by atoms with E-state index in [-0.39, 0.29) is 25.4 Å². The standard InChI is InChI=1S/C26H25N5O5.CH4/c1-17(32)24(26(35)31-36)30-25(34)20-8-4-18(5-9-20)2-3-19-6-10-22(11-7-19)29-23(33)16-28-21-12-14-27-15-13-21;/h4-15,17,24,32,36H,16H2,1H3,(H,27,28)(H,29,33)(H,30,34)(H,31,35);1H4/t17-,24+;/m1./s1. The number of aliphatic hydroxyl groups is 1. The van der Waals surface area contributed by atoms with Gasteiger partial charge in [-0.1, -0.05) is 19.3 Å². The number of hydrogen-bond donors (Lipinski definition) is 6. The van der Waals surface area contributed by atoms with Crippen LogP contribution in [0, 0.1) is 11.8 Å². The van der Waals surface area contributed by atoms with Gasteiger partial charge in [-0.05, 0) is 67.6 Å². The summed E-state index contributed by atoms with van der Waals surface area (Å²) in [7, 11) is 0. The Bertz CT molecular complexity index is 1250. The van der Waals surface area contributed by atoms with Crippen LogP contribution in [0.3, 0.4) is 0 Å². The van der Waals surface area contributed by atoms with Gasteiger partial charge in [0.1, 0.15) is 6.04 Å². The normalized spacial score (nSPS) is 11.4. The third-order valence-electron chi connectivity index (χ3n) is 4.96. The second kappa shape index (κ2) is 14.0. The van der Waals surface area contributed by atoms with Crippen LogP contribution in [-0.4, -0.2) is 51.7 Å². The first-order valence-corrected chi connectivity index (χ1v) is 10.9. The molecule has 0 saturated carbocycles. The van der Waals surface area contributed by atoms with E-state index in [0.29, 0.717) is 11.3 Å². The number of carbonyl (C=O) groups is 3. The number of hydrogen-bond acceptors (Lipinski definition) is 7. The maximum Gasteiger partial charge on any atom is 0.268 e. The first-order chi connectivity index (χ1) is 17.4. The Morgan fingerprint density at radius 1 is 0.892 bits per heavy atom. The molecule has 192 valence electrons. The largest absolute Gasteiger partial charge is 0.391 e. The topological polar surface area (TPSA) is 153 Å². The number of nitrogens with one attached hydrogen (secondary N) is 4. The Morgan fingerprint density at radius 2 is 1.46 bits per heavy atom. The van der Waals surface area contributed by atoms with Crippen LogP contribution < -0.4 is 21.4 Å². The minimum absolute atomic E-state index is 0. The van der Waals surface area contributed by atoms with Gasteiger partial charge in [-0.25, -0.2) is 5.48 Å². The van der Waals surface area contributed by atoms with Gasteiger partial charge in [0.05, 0.1) is 12.6 Å². The Hall–Kier alpha value is -4.72. The maximum atomic E-state index is 12.3. The molecule has 3 amide bonds. The molecule has 2 atom stereocenters. The van der Waals surface area contributed by atoms with Crippen molar-refractivity contribution in [3.8, 4) is 11.8 Å². The Kier molecular flexibility index (Phi) is 10.8. The SMILES string of the molecule is C.C[C@@H](O)[C@H](NC(=O)c1ccc(C#Cc2ccc(NC(=O)CNc3ccncc3)cc2)cc1)C(=O)NO. The van der Waals surface area contributed by atoms with Crippen molar-refractivity contribution in [2.24, 2.45) is 0 Å². The number of pyridine rings is 1. The lowest BCUT2D eigenvalue weighted by Gasteiger charge is -2.19. The molecule has 0 radical (unpaired) electrons. The number of nitrogens with zero attached hydrogens (tertiary/aromatic N) is 1. The van der Waals surface area contributed by atoms with Crippen LogP contribution in [0.5, 0.6) is 0 Å². The molecule has 1 heterocycles. The predicted octanol–water partition coefficient (Wildman–Crippen LogP) is 2.15. The van der Waals surface area contributed by atoms with E-state index >= 15 is 0 Å².